The maximum Gasteiger partial charge on any atom is 0.328 e. The molecule has 0 radical (unpaired) electrons. The molecule has 1 heterocycles. The number of hydrogen-bond donors (Lipinski definition) is 1. The van der Waals surface area contributed by atoms with Gasteiger partial charge in [0.25, 0.3) is 0 Å². The first-order valence-corrected chi connectivity index (χ1v) is 6.63. The zero-order valence-electron chi connectivity index (χ0n) is 11.2. The molecule has 20 heavy (non-hydrogen) atoms. The van der Waals surface area contributed by atoms with E-state index in [4.69, 9.17) is 11.6 Å². The van der Waals surface area contributed by atoms with Crippen LogP contribution in [0, 0.1) is 5.92 Å². The molecule has 0 saturated carbocycles. The van der Waals surface area contributed by atoms with Gasteiger partial charge in [-0.05, 0) is 47.0 Å². The van der Waals surface area contributed by atoms with Crippen molar-refractivity contribution in [1.29, 1.82) is 0 Å². The molecule has 1 aromatic heterocycles. The SMILES string of the molecule is CC(C)CC(C(=O)O)n1nnnc1-c1ccc(Cl)cc1. The van der Waals surface area contributed by atoms with E-state index in [1.54, 1.807) is 24.3 Å². The molecule has 0 aliphatic rings. The summed E-state index contributed by atoms with van der Waals surface area (Å²) in [5.41, 5.74) is 0.731. The number of tetrazole rings is 1. The molecule has 0 amide bonds. The number of aliphatic carboxylic acids is 1. The van der Waals surface area contributed by atoms with Crippen LogP contribution in [-0.4, -0.2) is 31.3 Å². The van der Waals surface area contributed by atoms with E-state index in [0.717, 1.165) is 5.56 Å². The van der Waals surface area contributed by atoms with Crippen LogP contribution < -0.4 is 0 Å². The zero-order valence-corrected chi connectivity index (χ0v) is 11.9. The minimum Gasteiger partial charge on any atom is -0.480 e. The quantitative estimate of drug-likeness (QED) is 0.917. The number of hydrogen-bond acceptors (Lipinski definition) is 4. The van der Waals surface area contributed by atoms with E-state index < -0.39 is 12.0 Å². The van der Waals surface area contributed by atoms with Crippen molar-refractivity contribution in [2.24, 2.45) is 5.92 Å². The van der Waals surface area contributed by atoms with Gasteiger partial charge in [0.15, 0.2) is 11.9 Å². The predicted molar refractivity (Wildman–Crippen MR) is 74.4 cm³/mol. The van der Waals surface area contributed by atoms with Crippen LogP contribution >= 0.6 is 11.6 Å². The van der Waals surface area contributed by atoms with E-state index in [2.05, 4.69) is 15.5 Å². The maximum absolute atomic E-state index is 11.4. The van der Waals surface area contributed by atoms with Gasteiger partial charge in [0.2, 0.25) is 0 Å². The van der Waals surface area contributed by atoms with Crippen molar-refractivity contribution in [2.75, 3.05) is 0 Å². The lowest BCUT2D eigenvalue weighted by atomic mass is 10.0. The molecule has 6 nitrogen and oxygen atoms in total. The Bertz CT molecular complexity index is 595. The molecule has 106 valence electrons. The van der Waals surface area contributed by atoms with Gasteiger partial charge in [0.05, 0.1) is 0 Å². The fourth-order valence-corrected chi connectivity index (χ4v) is 2.07. The summed E-state index contributed by atoms with van der Waals surface area (Å²) in [7, 11) is 0. The Morgan fingerprint density at radius 3 is 2.55 bits per heavy atom. The molecule has 0 fully saturated rings. The maximum atomic E-state index is 11.4. The van der Waals surface area contributed by atoms with Crippen molar-refractivity contribution in [2.45, 2.75) is 26.3 Å². The van der Waals surface area contributed by atoms with Gasteiger partial charge in [-0.3, -0.25) is 0 Å². The van der Waals surface area contributed by atoms with Crippen LogP contribution in [0.2, 0.25) is 5.02 Å². The van der Waals surface area contributed by atoms with Crippen molar-refractivity contribution in [1.82, 2.24) is 20.2 Å². The lowest BCUT2D eigenvalue weighted by molar-refractivity contribution is -0.141. The fraction of sp³-hybridized carbons (Fsp3) is 0.385. The highest BCUT2D eigenvalue weighted by atomic mass is 35.5. The highest BCUT2D eigenvalue weighted by Crippen LogP contribution is 2.24. The molecule has 0 saturated heterocycles. The van der Waals surface area contributed by atoms with Gasteiger partial charge in [-0.25, -0.2) is 9.48 Å². The van der Waals surface area contributed by atoms with Gasteiger partial charge in [0, 0.05) is 10.6 Å². The molecule has 0 bridgehead atoms. The van der Waals surface area contributed by atoms with Crippen molar-refractivity contribution in [3.05, 3.63) is 29.3 Å². The number of carboxylic acid groups (broad SMARTS) is 1. The standard InChI is InChI=1S/C13H15ClN4O2/c1-8(2)7-11(13(19)20)18-12(15-16-17-18)9-3-5-10(14)6-4-9/h3-6,8,11H,7H2,1-2H3,(H,19,20). The third-order valence-electron chi connectivity index (χ3n) is 2.87. The Hall–Kier alpha value is -1.95. The topological polar surface area (TPSA) is 80.9 Å². The van der Waals surface area contributed by atoms with Gasteiger partial charge in [-0.2, -0.15) is 0 Å². The Labute approximate surface area is 121 Å². The lowest BCUT2D eigenvalue weighted by Gasteiger charge is -2.16. The summed E-state index contributed by atoms with van der Waals surface area (Å²) in [5, 5.41) is 21.3. The van der Waals surface area contributed by atoms with Crippen LogP contribution in [0.5, 0.6) is 0 Å². The molecule has 1 unspecified atom stereocenters. The minimum atomic E-state index is -0.943. The summed E-state index contributed by atoms with van der Waals surface area (Å²) in [4.78, 5) is 11.4. The highest BCUT2D eigenvalue weighted by molar-refractivity contribution is 6.30. The molecular formula is C13H15ClN4O2. The Kier molecular flexibility index (Phi) is 4.34. The monoisotopic (exact) mass is 294 g/mol. The first-order chi connectivity index (χ1) is 9.49. The first-order valence-electron chi connectivity index (χ1n) is 6.25. The van der Waals surface area contributed by atoms with E-state index in [0.29, 0.717) is 17.3 Å². The second-order valence-corrected chi connectivity index (χ2v) is 5.37. The average molecular weight is 295 g/mol. The van der Waals surface area contributed by atoms with Gasteiger partial charge in [-0.15, -0.1) is 5.10 Å². The highest BCUT2D eigenvalue weighted by Gasteiger charge is 2.25. The third kappa shape index (κ3) is 3.14. The second kappa shape index (κ2) is 6.00. The number of aromatic nitrogens is 4. The average Bonchev–Trinajstić information content (AvgIpc) is 2.85. The Balaban J connectivity index is 2.40. The predicted octanol–water partition coefficient (Wildman–Crippen LogP) is 2.67. The van der Waals surface area contributed by atoms with Crippen LogP contribution in [0.3, 0.4) is 0 Å². The molecule has 2 rings (SSSR count). The molecule has 0 spiro atoms. The van der Waals surface area contributed by atoms with Gasteiger partial charge in [-0.1, -0.05) is 25.4 Å². The van der Waals surface area contributed by atoms with E-state index in [1.165, 1.54) is 4.68 Å². The molecule has 7 heteroatoms. The number of halogens is 1. The van der Waals surface area contributed by atoms with Crippen LogP contribution in [0.15, 0.2) is 24.3 Å². The number of carboxylic acids is 1. The summed E-state index contributed by atoms with van der Waals surface area (Å²) < 4.78 is 1.35. The van der Waals surface area contributed by atoms with Crippen molar-refractivity contribution < 1.29 is 9.90 Å². The molecular weight excluding hydrogens is 280 g/mol. The summed E-state index contributed by atoms with van der Waals surface area (Å²) in [6.45, 7) is 3.92. The van der Waals surface area contributed by atoms with Crippen LogP contribution in [-0.2, 0) is 4.79 Å². The van der Waals surface area contributed by atoms with Crippen LogP contribution in [0.25, 0.3) is 11.4 Å². The Morgan fingerprint density at radius 2 is 2.00 bits per heavy atom. The lowest BCUT2D eigenvalue weighted by Crippen LogP contribution is -2.23. The second-order valence-electron chi connectivity index (χ2n) is 4.94. The zero-order chi connectivity index (χ0) is 14.7. The van der Waals surface area contributed by atoms with Gasteiger partial charge < -0.3 is 5.11 Å². The molecule has 0 aliphatic carbocycles. The molecule has 0 aliphatic heterocycles. The Morgan fingerprint density at radius 1 is 1.35 bits per heavy atom. The van der Waals surface area contributed by atoms with Crippen LogP contribution in [0.4, 0.5) is 0 Å². The van der Waals surface area contributed by atoms with Crippen molar-refractivity contribution in [3.8, 4) is 11.4 Å². The number of rotatable bonds is 5. The molecule has 1 aromatic carbocycles. The van der Waals surface area contributed by atoms with Crippen molar-refractivity contribution in [3.63, 3.8) is 0 Å². The largest absolute Gasteiger partial charge is 0.480 e. The summed E-state index contributed by atoms with van der Waals surface area (Å²) in [6, 6.07) is 6.18. The van der Waals surface area contributed by atoms with Gasteiger partial charge >= 0.3 is 5.97 Å². The summed E-state index contributed by atoms with van der Waals surface area (Å²) in [6.07, 6.45) is 0.459. The summed E-state index contributed by atoms with van der Waals surface area (Å²) >= 11 is 5.84. The minimum absolute atomic E-state index is 0.221. The van der Waals surface area contributed by atoms with Crippen LogP contribution in [0.1, 0.15) is 26.3 Å². The smallest absolute Gasteiger partial charge is 0.328 e. The normalized spacial score (nSPS) is 12.6. The number of carbonyl (C=O) groups is 1. The van der Waals surface area contributed by atoms with E-state index in [9.17, 15) is 9.90 Å². The molecule has 2 aromatic rings. The molecule has 1 atom stereocenters. The fourth-order valence-electron chi connectivity index (χ4n) is 1.94. The summed E-state index contributed by atoms with van der Waals surface area (Å²) in [5.74, 6) is -0.297. The van der Waals surface area contributed by atoms with E-state index in [-0.39, 0.29) is 5.92 Å². The van der Waals surface area contributed by atoms with Crippen molar-refractivity contribution >= 4 is 17.6 Å². The number of benzene rings is 1. The molecule has 1 N–H and O–H groups in total. The third-order valence-corrected chi connectivity index (χ3v) is 3.12. The van der Waals surface area contributed by atoms with E-state index >= 15 is 0 Å². The van der Waals surface area contributed by atoms with Gasteiger partial charge in [0.1, 0.15) is 0 Å². The van der Waals surface area contributed by atoms with E-state index in [1.807, 2.05) is 13.8 Å². The first kappa shape index (κ1) is 14.5. The number of nitrogens with zero attached hydrogens (tertiary/aromatic N) is 4.